The van der Waals surface area contributed by atoms with Crippen LogP contribution in [0.3, 0.4) is 0 Å². The molecule has 24 heavy (non-hydrogen) atoms. The highest BCUT2D eigenvalue weighted by atomic mass is 16.5. The molecule has 1 amide bonds. The van der Waals surface area contributed by atoms with Crippen LogP contribution in [0, 0.1) is 0 Å². The number of benzene rings is 3. The Bertz CT molecular complexity index is 811. The van der Waals surface area contributed by atoms with Crippen molar-refractivity contribution in [1.82, 2.24) is 0 Å². The number of hydrogen-bond acceptors (Lipinski definition) is 2. The summed E-state index contributed by atoms with van der Waals surface area (Å²) in [5.74, 6) is 0.0590. The van der Waals surface area contributed by atoms with Gasteiger partial charge in [-0.2, -0.15) is 0 Å². The van der Waals surface area contributed by atoms with Gasteiger partial charge in [-0.15, -0.1) is 0 Å². The van der Waals surface area contributed by atoms with Crippen molar-refractivity contribution < 1.29 is 9.53 Å². The molecule has 0 radical (unpaired) electrons. The normalized spacial score (nSPS) is 10.3. The van der Waals surface area contributed by atoms with Gasteiger partial charge in [-0.05, 0) is 28.8 Å². The summed E-state index contributed by atoms with van der Waals surface area (Å²) in [6, 6.07) is 25.7. The minimum atomic E-state index is -0.474. The molecule has 0 unspecified atom stereocenters. The lowest BCUT2D eigenvalue weighted by Gasteiger charge is -2.10. The molecule has 0 aliphatic carbocycles. The predicted molar refractivity (Wildman–Crippen MR) is 96.0 cm³/mol. The zero-order chi connectivity index (χ0) is 16.8. The van der Waals surface area contributed by atoms with E-state index in [0.717, 1.165) is 6.42 Å². The average molecular weight is 317 g/mol. The van der Waals surface area contributed by atoms with Crippen LogP contribution in [-0.4, -0.2) is 12.5 Å². The Morgan fingerprint density at radius 1 is 0.792 bits per heavy atom. The van der Waals surface area contributed by atoms with Crippen molar-refractivity contribution in [3.05, 3.63) is 90.0 Å². The zero-order valence-electron chi connectivity index (χ0n) is 13.3. The highest BCUT2D eigenvalue weighted by molar-refractivity contribution is 5.95. The van der Waals surface area contributed by atoms with Gasteiger partial charge in [0.1, 0.15) is 5.75 Å². The molecule has 0 aliphatic rings. The van der Waals surface area contributed by atoms with Gasteiger partial charge in [0.15, 0.2) is 0 Å². The highest BCUT2D eigenvalue weighted by Crippen LogP contribution is 2.20. The van der Waals surface area contributed by atoms with Crippen LogP contribution in [0.5, 0.6) is 5.75 Å². The Morgan fingerprint density at radius 2 is 1.42 bits per heavy atom. The first-order chi connectivity index (χ1) is 11.7. The third-order valence-corrected chi connectivity index (χ3v) is 3.86. The molecule has 0 bridgehead atoms. The molecule has 0 saturated carbocycles. The average Bonchev–Trinajstić information content (AvgIpc) is 2.63. The quantitative estimate of drug-likeness (QED) is 0.745. The molecule has 3 nitrogen and oxygen atoms in total. The number of hydrogen-bond donors (Lipinski definition) is 1. The van der Waals surface area contributed by atoms with E-state index in [1.807, 2.05) is 24.3 Å². The number of amides is 1. The van der Waals surface area contributed by atoms with E-state index < -0.39 is 5.91 Å². The number of ether oxygens (including phenoxy) is 1. The van der Waals surface area contributed by atoms with Gasteiger partial charge in [0, 0.05) is 6.42 Å². The van der Waals surface area contributed by atoms with Gasteiger partial charge >= 0.3 is 0 Å². The van der Waals surface area contributed by atoms with Crippen LogP contribution < -0.4 is 10.5 Å². The molecule has 3 aromatic carbocycles. The molecule has 0 spiro atoms. The summed E-state index contributed by atoms with van der Waals surface area (Å²) in [4.78, 5) is 11.4. The molecular formula is C21H19NO2. The van der Waals surface area contributed by atoms with Gasteiger partial charge < -0.3 is 10.5 Å². The maximum atomic E-state index is 11.4. The topological polar surface area (TPSA) is 52.3 Å². The van der Waals surface area contributed by atoms with Crippen LogP contribution in [0.25, 0.3) is 11.1 Å². The number of primary amides is 1. The summed E-state index contributed by atoms with van der Waals surface area (Å²) >= 11 is 0. The summed E-state index contributed by atoms with van der Waals surface area (Å²) in [5, 5.41) is 0. The highest BCUT2D eigenvalue weighted by Gasteiger charge is 2.08. The third-order valence-electron chi connectivity index (χ3n) is 3.86. The molecule has 120 valence electrons. The molecule has 2 N–H and O–H groups in total. The second kappa shape index (κ2) is 7.47. The summed E-state index contributed by atoms with van der Waals surface area (Å²) in [5.41, 5.74) is 9.35. The SMILES string of the molecule is NC(=O)c1ccccc1OCCc1ccc(-c2ccccc2)cc1. The van der Waals surface area contributed by atoms with Crippen molar-refractivity contribution in [1.29, 1.82) is 0 Å². The molecule has 0 aliphatic heterocycles. The first kappa shape index (κ1) is 15.8. The van der Waals surface area contributed by atoms with Crippen molar-refractivity contribution in [3.63, 3.8) is 0 Å². The van der Waals surface area contributed by atoms with Crippen LogP contribution in [0.15, 0.2) is 78.9 Å². The fourth-order valence-corrected chi connectivity index (χ4v) is 2.57. The maximum Gasteiger partial charge on any atom is 0.252 e. The van der Waals surface area contributed by atoms with Crippen molar-refractivity contribution >= 4 is 5.91 Å². The standard InChI is InChI=1S/C21H19NO2/c22-21(23)19-8-4-5-9-20(19)24-15-14-16-10-12-18(13-11-16)17-6-2-1-3-7-17/h1-13H,14-15H2,(H2,22,23). The molecule has 3 heteroatoms. The molecule has 0 saturated heterocycles. The molecule has 3 rings (SSSR count). The largest absolute Gasteiger partial charge is 0.492 e. The summed E-state index contributed by atoms with van der Waals surface area (Å²) in [7, 11) is 0. The minimum Gasteiger partial charge on any atom is -0.492 e. The first-order valence-corrected chi connectivity index (χ1v) is 7.90. The van der Waals surface area contributed by atoms with Crippen LogP contribution in [0.1, 0.15) is 15.9 Å². The molecule has 0 heterocycles. The van der Waals surface area contributed by atoms with Crippen LogP contribution in [0.4, 0.5) is 0 Å². The van der Waals surface area contributed by atoms with Gasteiger partial charge in [-0.1, -0.05) is 66.7 Å². The summed E-state index contributed by atoms with van der Waals surface area (Å²) in [6.45, 7) is 0.495. The molecular weight excluding hydrogens is 298 g/mol. The van der Waals surface area contributed by atoms with E-state index in [0.29, 0.717) is 17.9 Å². The van der Waals surface area contributed by atoms with E-state index in [4.69, 9.17) is 10.5 Å². The minimum absolute atomic E-state index is 0.414. The maximum absolute atomic E-state index is 11.4. The van der Waals surface area contributed by atoms with Crippen molar-refractivity contribution in [3.8, 4) is 16.9 Å². The lowest BCUT2D eigenvalue weighted by molar-refractivity contribution is 0.0996. The monoisotopic (exact) mass is 317 g/mol. The number of rotatable bonds is 6. The fraction of sp³-hybridized carbons (Fsp3) is 0.0952. The van der Waals surface area contributed by atoms with E-state index in [1.165, 1.54) is 16.7 Å². The smallest absolute Gasteiger partial charge is 0.252 e. The second-order valence-electron chi connectivity index (χ2n) is 5.52. The summed E-state index contributed by atoms with van der Waals surface area (Å²) in [6.07, 6.45) is 0.766. The molecule has 0 fully saturated rings. The van der Waals surface area contributed by atoms with Crippen molar-refractivity contribution in [2.45, 2.75) is 6.42 Å². The Hall–Kier alpha value is -3.07. The molecule has 0 aromatic heterocycles. The van der Waals surface area contributed by atoms with Gasteiger partial charge in [0.05, 0.1) is 12.2 Å². The molecule has 3 aromatic rings. The van der Waals surface area contributed by atoms with Gasteiger partial charge in [-0.3, -0.25) is 4.79 Å². The lowest BCUT2D eigenvalue weighted by atomic mass is 10.0. The lowest BCUT2D eigenvalue weighted by Crippen LogP contribution is -2.13. The van der Waals surface area contributed by atoms with Crippen LogP contribution in [0.2, 0.25) is 0 Å². The Balaban J connectivity index is 1.61. The first-order valence-electron chi connectivity index (χ1n) is 7.90. The van der Waals surface area contributed by atoms with E-state index in [9.17, 15) is 4.79 Å². The Kier molecular flexibility index (Phi) is 4.92. The van der Waals surface area contributed by atoms with E-state index >= 15 is 0 Å². The number of carbonyl (C=O) groups excluding carboxylic acids is 1. The van der Waals surface area contributed by atoms with Crippen LogP contribution >= 0.6 is 0 Å². The van der Waals surface area contributed by atoms with Gasteiger partial charge in [0.2, 0.25) is 0 Å². The fourth-order valence-electron chi connectivity index (χ4n) is 2.57. The number of carbonyl (C=O) groups is 1. The number of para-hydroxylation sites is 1. The third kappa shape index (κ3) is 3.82. The Morgan fingerprint density at radius 3 is 2.12 bits per heavy atom. The molecule has 0 atom stereocenters. The van der Waals surface area contributed by atoms with Gasteiger partial charge in [0.25, 0.3) is 5.91 Å². The predicted octanol–water partition coefficient (Wildman–Crippen LogP) is 4.07. The van der Waals surface area contributed by atoms with Crippen molar-refractivity contribution in [2.24, 2.45) is 5.73 Å². The van der Waals surface area contributed by atoms with E-state index in [1.54, 1.807) is 18.2 Å². The van der Waals surface area contributed by atoms with E-state index in [-0.39, 0.29) is 0 Å². The van der Waals surface area contributed by atoms with E-state index in [2.05, 4.69) is 36.4 Å². The van der Waals surface area contributed by atoms with Crippen LogP contribution in [-0.2, 0) is 6.42 Å². The number of nitrogens with two attached hydrogens (primary N) is 1. The van der Waals surface area contributed by atoms with Gasteiger partial charge in [-0.25, -0.2) is 0 Å². The van der Waals surface area contributed by atoms with Crippen molar-refractivity contribution in [2.75, 3.05) is 6.61 Å². The zero-order valence-corrected chi connectivity index (χ0v) is 13.3. The second-order valence-corrected chi connectivity index (χ2v) is 5.52. The Labute approximate surface area is 141 Å². The summed E-state index contributed by atoms with van der Waals surface area (Å²) < 4.78 is 5.72.